The fraction of sp³-hybridized carbons (Fsp3) is 0.733. The summed E-state index contributed by atoms with van der Waals surface area (Å²) < 4.78 is 0. The van der Waals surface area contributed by atoms with E-state index in [1.54, 1.807) is 0 Å². The van der Waals surface area contributed by atoms with Crippen molar-refractivity contribution in [1.82, 2.24) is 9.97 Å². The van der Waals surface area contributed by atoms with Crippen LogP contribution in [0.5, 0.6) is 0 Å². The van der Waals surface area contributed by atoms with Crippen LogP contribution in [0.25, 0.3) is 0 Å². The molecule has 3 N–H and O–H groups in total. The normalized spacial score (nSPS) is 26.4. The number of aliphatic hydroxyl groups is 1. The summed E-state index contributed by atoms with van der Waals surface area (Å²) in [4.78, 5) is 9.35. The topological polar surface area (TPSA) is 70.1 Å². The number of nitrogens with one attached hydrogen (secondary N) is 2. The maximum absolute atomic E-state index is 9.59. The Hall–Kier alpha value is -1.36. The highest BCUT2D eigenvalue weighted by Crippen LogP contribution is 2.39. The van der Waals surface area contributed by atoms with E-state index in [0.717, 1.165) is 48.7 Å². The molecule has 0 amide bonds. The average molecular weight is 276 g/mol. The molecule has 1 aromatic heterocycles. The van der Waals surface area contributed by atoms with Gasteiger partial charge in [0.1, 0.15) is 17.5 Å². The van der Waals surface area contributed by atoms with Gasteiger partial charge in [-0.05, 0) is 45.4 Å². The van der Waals surface area contributed by atoms with Crippen molar-refractivity contribution in [3.63, 3.8) is 0 Å². The molecular weight excluding hydrogens is 252 g/mol. The summed E-state index contributed by atoms with van der Waals surface area (Å²) in [6, 6.07) is 0.420. The molecule has 2 aliphatic carbocycles. The van der Waals surface area contributed by atoms with Gasteiger partial charge >= 0.3 is 0 Å². The van der Waals surface area contributed by atoms with Crippen LogP contribution >= 0.6 is 0 Å². The summed E-state index contributed by atoms with van der Waals surface area (Å²) in [7, 11) is 1.91. The van der Waals surface area contributed by atoms with E-state index in [-0.39, 0.29) is 6.10 Å². The van der Waals surface area contributed by atoms with E-state index in [2.05, 4.69) is 22.5 Å². The molecule has 1 aromatic rings. The lowest BCUT2D eigenvalue weighted by Gasteiger charge is -2.27. The van der Waals surface area contributed by atoms with Crippen molar-refractivity contribution in [1.29, 1.82) is 0 Å². The van der Waals surface area contributed by atoms with E-state index in [0.29, 0.717) is 12.0 Å². The molecule has 2 saturated carbocycles. The Balaban J connectivity index is 1.78. The van der Waals surface area contributed by atoms with Gasteiger partial charge in [-0.3, -0.25) is 0 Å². The molecule has 20 heavy (non-hydrogen) atoms. The second kappa shape index (κ2) is 5.56. The van der Waals surface area contributed by atoms with Gasteiger partial charge in [0.05, 0.1) is 6.10 Å². The van der Waals surface area contributed by atoms with Gasteiger partial charge in [-0.2, -0.15) is 0 Å². The highest BCUT2D eigenvalue weighted by atomic mass is 16.3. The Bertz CT molecular complexity index is 479. The number of aromatic nitrogens is 2. The van der Waals surface area contributed by atoms with E-state index in [1.165, 1.54) is 12.8 Å². The first-order valence-electron chi connectivity index (χ1n) is 7.68. The molecule has 3 rings (SSSR count). The number of hydrogen-bond acceptors (Lipinski definition) is 5. The lowest BCUT2D eigenvalue weighted by atomic mass is 9.93. The molecule has 0 spiro atoms. The third-order valence-corrected chi connectivity index (χ3v) is 4.38. The maximum Gasteiger partial charge on any atom is 0.136 e. The van der Waals surface area contributed by atoms with Crippen molar-refractivity contribution in [3.05, 3.63) is 11.4 Å². The zero-order valence-electron chi connectivity index (χ0n) is 12.3. The van der Waals surface area contributed by atoms with Crippen LogP contribution < -0.4 is 10.6 Å². The fourth-order valence-electron chi connectivity index (χ4n) is 2.86. The molecule has 0 saturated heterocycles. The van der Waals surface area contributed by atoms with Crippen LogP contribution in [0.3, 0.4) is 0 Å². The molecule has 5 heteroatoms. The monoisotopic (exact) mass is 276 g/mol. The van der Waals surface area contributed by atoms with Crippen LogP contribution in [0.15, 0.2) is 0 Å². The second-order valence-corrected chi connectivity index (χ2v) is 6.08. The fourth-order valence-corrected chi connectivity index (χ4v) is 2.86. The minimum absolute atomic E-state index is 0.116. The zero-order chi connectivity index (χ0) is 14.1. The van der Waals surface area contributed by atoms with Crippen LogP contribution in [0.4, 0.5) is 11.6 Å². The Kier molecular flexibility index (Phi) is 3.78. The maximum atomic E-state index is 9.59. The summed E-state index contributed by atoms with van der Waals surface area (Å²) in [6.45, 7) is 2.06. The quantitative estimate of drug-likeness (QED) is 0.788. The highest BCUT2D eigenvalue weighted by molar-refractivity contribution is 5.57. The van der Waals surface area contributed by atoms with Crippen molar-refractivity contribution in [3.8, 4) is 0 Å². The molecule has 0 radical (unpaired) electrons. The number of aliphatic hydroxyl groups excluding tert-OH is 1. The van der Waals surface area contributed by atoms with E-state index >= 15 is 0 Å². The molecule has 0 atom stereocenters. The van der Waals surface area contributed by atoms with E-state index < -0.39 is 0 Å². The lowest BCUT2D eigenvalue weighted by molar-refractivity contribution is 0.126. The second-order valence-electron chi connectivity index (χ2n) is 6.08. The lowest BCUT2D eigenvalue weighted by Crippen LogP contribution is -2.29. The zero-order valence-corrected chi connectivity index (χ0v) is 12.3. The van der Waals surface area contributed by atoms with Crippen molar-refractivity contribution in [2.45, 2.75) is 63.5 Å². The first kappa shape index (κ1) is 13.6. The molecule has 110 valence electrons. The van der Waals surface area contributed by atoms with Gasteiger partial charge in [0.25, 0.3) is 0 Å². The summed E-state index contributed by atoms with van der Waals surface area (Å²) in [5, 5.41) is 16.3. The van der Waals surface area contributed by atoms with Gasteiger partial charge in [0.2, 0.25) is 0 Å². The standard InChI is InChI=1S/C15H24N4O/c1-9-13(16-2)18-15(10-3-4-10)19-14(9)17-11-5-7-12(20)8-6-11/h10-12,20H,3-8H2,1-2H3,(H2,16,17,18,19). The Morgan fingerprint density at radius 1 is 1.00 bits per heavy atom. The molecular formula is C15H24N4O. The van der Waals surface area contributed by atoms with Crippen molar-refractivity contribution in [2.24, 2.45) is 0 Å². The SMILES string of the molecule is CNc1nc(C2CC2)nc(NC2CCC(O)CC2)c1C. The van der Waals surface area contributed by atoms with Crippen LogP contribution in [-0.4, -0.2) is 34.3 Å². The Labute approximate surface area is 120 Å². The highest BCUT2D eigenvalue weighted by Gasteiger charge is 2.28. The van der Waals surface area contributed by atoms with Crippen molar-refractivity contribution in [2.75, 3.05) is 17.7 Å². The van der Waals surface area contributed by atoms with Crippen LogP contribution in [0, 0.1) is 6.92 Å². The Morgan fingerprint density at radius 2 is 1.65 bits per heavy atom. The van der Waals surface area contributed by atoms with Gasteiger partial charge in [-0.1, -0.05) is 0 Å². The van der Waals surface area contributed by atoms with Crippen molar-refractivity contribution >= 4 is 11.6 Å². The first-order valence-corrected chi connectivity index (χ1v) is 7.68. The summed E-state index contributed by atoms with van der Waals surface area (Å²) in [5.41, 5.74) is 1.09. The molecule has 2 aliphatic rings. The minimum Gasteiger partial charge on any atom is -0.393 e. The smallest absolute Gasteiger partial charge is 0.136 e. The number of rotatable bonds is 4. The molecule has 0 aromatic carbocycles. The third kappa shape index (κ3) is 2.87. The summed E-state index contributed by atoms with van der Waals surface area (Å²) >= 11 is 0. The summed E-state index contributed by atoms with van der Waals surface area (Å²) in [6.07, 6.45) is 6.10. The molecule has 1 heterocycles. The third-order valence-electron chi connectivity index (χ3n) is 4.38. The molecule has 5 nitrogen and oxygen atoms in total. The number of anilines is 2. The molecule has 0 aliphatic heterocycles. The molecule has 0 unspecified atom stereocenters. The van der Waals surface area contributed by atoms with Gasteiger partial charge < -0.3 is 15.7 Å². The van der Waals surface area contributed by atoms with E-state index in [9.17, 15) is 5.11 Å². The summed E-state index contributed by atoms with van der Waals surface area (Å²) in [5.74, 6) is 3.42. The van der Waals surface area contributed by atoms with Gasteiger partial charge in [0, 0.05) is 24.6 Å². The van der Waals surface area contributed by atoms with E-state index in [1.807, 2.05) is 7.05 Å². The predicted octanol–water partition coefficient (Wildman–Crippen LogP) is 2.42. The van der Waals surface area contributed by atoms with Gasteiger partial charge in [0.15, 0.2) is 0 Å². The molecule has 2 fully saturated rings. The molecule has 0 bridgehead atoms. The number of nitrogens with zero attached hydrogens (tertiary/aromatic N) is 2. The Morgan fingerprint density at radius 3 is 2.25 bits per heavy atom. The average Bonchev–Trinajstić information content (AvgIpc) is 3.28. The van der Waals surface area contributed by atoms with Crippen LogP contribution in [0.2, 0.25) is 0 Å². The van der Waals surface area contributed by atoms with Crippen LogP contribution in [0.1, 0.15) is 55.8 Å². The first-order chi connectivity index (χ1) is 9.67. The predicted molar refractivity (Wildman–Crippen MR) is 80.2 cm³/mol. The largest absolute Gasteiger partial charge is 0.393 e. The minimum atomic E-state index is -0.116. The van der Waals surface area contributed by atoms with Crippen LogP contribution in [-0.2, 0) is 0 Å². The van der Waals surface area contributed by atoms with E-state index in [4.69, 9.17) is 4.98 Å². The van der Waals surface area contributed by atoms with Crippen molar-refractivity contribution < 1.29 is 5.11 Å². The van der Waals surface area contributed by atoms with Gasteiger partial charge in [-0.25, -0.2) is 9.97 Å². The number of hydrogen-bond donors (Lipinski definition) is 3. The van der Waals surface area contributed by atoms with Gasteiger partial charge in [-0.15, -0.1) is 0 Å².